The van der Waals surface area contributed by atoms with E-state index in [-0.39, 0.29) is 32.9 Å². The molecule has 170 valence electrons. The van der Waals surface area contributed by atoms with E-state index in [1.807, 2.05) is 0 Å². The summed E-state index contributed by atoms with van der Waals surface area (Å²) >= 11 is 5.77. The molecule has 1 aromatic heterocycles. The molecule has 1 amide bonds. The largest absolute Gasteiger partial charge is 0.449 e. The monoisotopic (exact) mass is 480 g/mol. The Bertz CT molecular complexity index is 1330. The van der Waals surface area contributed by atoms with Crippen LogP contribution < -0.4 is 4.72 Å². The molecule has 10 heteroatoms. The van der Waals surface area contributed by atoms with Crippen LogP contribution in [0.1, 0.15) is 27.2 Å². The summed E-state index contributed by atoms with van der Waals surface area (Å²) in [4.78, 5) is 14.5. The first kappa shape index (κ1) is 22.6. The minimum absolute atomic E-state index is 0.0593. The molecular formula is C22H22ClFN2O5S. The molecule has 1 fully saturated rings. The van der Waals surface area contributed by atoms with Crippen molar-refractivity contribution in [2.45, 2.75) is 25.7 Å². The molecule has 2 heterocycles. The van der Waals surface area contributed by atoms with Gasteiger partial charge >= 0.3 is 0 Å². The Balaban J connectivity index is 1.85. The summed E-state index contributed by atoms with van der Waals surface area (Å²) in [6.45, 7) is 6.84. The van der Waals surface area contributed by atoms with Gasteiger partial charge in [-0.15, -0.1) is 0 Å². The molecule has 0 radical (unpaired) electrons. The highest BCUT2D eigenvalue weighted by Gasteiger charge is 2.30. The molecule has 32 heavy (non-hydrogen) atoms. The number of furan rings is 1. The Morgan fingerprint density at radius 3 is 2.47 bits per heavy atom. The quantitative estimate of drug-likeness (QED) is 0.597. The van der Waals surface area contributed by atoms with Gasteiger partial charge < -0.3 is 14.1 Å². The number of halogens is 2. The van der Waals surface area contributed by atoms with Gasteiger partial charge in [0, 0.05) is 29.1 Å². The zero-order valence-electron chi connectivity index (χ0n) is 17.8. The molecule has 7 nitrogen and oxygen atoms in total. The third kappa shape index (κ3) is 3.96. The molecule has 0 bridgehead atoms. The van der Waals surface area contributed by atoms with Gasteiger partial charge in [0.2, 0.25) is 0 Å². The highest BCUT2D eigenvalue weighted by molar-refractivity contribution is 7.93. The first-order valence-corrected chi connectivity index (χ1v) is 11.8. The van der Waals surface area contributed by atoms with Gasteiger partial charge in [-0.2, -0.15) is 0 Å². The average Bonchev–Trinajstić information content (AvgIpc) is 3.06. The minimum Gasteiger partial charge on any atom is -0.449 e. The maximum Gasteiger partial charge on any atom is 0.290 e. The van der Waals surface area contributed by atoms with Gasteiger partial charge in [0.05, 0.1) is 18.9 Å². The Labute approximate surface area is 190 Å². The highest BCUT2D eigenvalue weighted by Crippen LogP contribution is 2.36. The maximum absolute atomic E-state index is 14.3. The first-order valence-electron chi connectivity index (χ1n) is 9.98. The number of rotatable bonds is 4. The average molecular weight is 481 g/mol. The lowest BCUT2D eigenvalue weighted by Gasteiger charge is -2.26. The normalized spacial score (nSPS) is 14.7. The van der Waals surface area contributed by atoms with Gasteiger partial charge in [-0.3, -0.25) is 9.52 Å². The van der Waals surface area contributed by atoms with Gasteiger partial charge in [0.15, 0.2) is 11.3 Å². The number of anilines is 1. The van der Waals surface area contributed by atoms with Crippen molar-refractivity contribution in [3.63, 3.8) is 0 Å². The van der Waals surface area contributed by atoms with Crippen LogP contribution >= 0.6 is 11.6 Å². The Hall–Kier alpha value is -2.62. The third-order valence-corrected chi connectivity index (χ3v) is 7.38. The van der Waals surface area contributed by atoms with E-state index in [1.165, 1.54) is 12.1 Å². The summed E-state index contributed by atoms with van der Waals surface area (Å²) in [5, 5.41) is 0.661. The van der Waals surface area contributed by atoms with Crippen LogP contribution in [0.15, 0.2) is 33.6 Å². The van der Waals surface area contributed by atoms with Crippen molar-refractivity contribution in [3.8, 4) is 0 Å². The molecule has 0 unspecified atom stereocenters. The Morgan fingerprint density at radius 1 is 1.12 bits per heavy atom. The standard InChI is InChI=1S/C22H22ClFN2O5S/c1-12-10-16-14(3)19(22(27)26-6-8-30-9-7-26)31-20(16)21(13(12)2)32(28,29)25-18-5-4-15(23)11-17(18)24/h4-5,10-11,25H,6-9H2,1-3H3. The summed E-state index contributed by atoms with van der Waals surface area (Å²) in [6, 6.07) is 5.45. The molecular weight excluding hydrogens is 459 g/mol. The molecule has 0 atom stereocenters. The van der Waals surface area contributed by atoms with E-state index in [0.717, 1.165) is 6.07 Å². The summed E-state index contributed by atoms with van der Waals surface area (Å²) in [5.41, 5.74) is 1.51. The number of sulfonamides is 1. The van der Waals surface area contributed by atoms with E-state index >= 15 is 0 Å². The molecule has 4 rings (SSSR count). The topological polar surface area (TPSA) is 88.9 Å². The predicted molar refractivity (Wildman–Crippen MR) is 119 cm³/mol. The molecule has 1 aliphatic heterocycles. The lowest BCUT2D eigenvalue weighted by molar-refractivity contribution is 0.0283. The molecule has 0 saturated carbocycles. The number of aryl methyl sites for hydroxylation is 2. The van der Waals surface area contributed by atoms with Gasteiger partial charge in [0.25, 0.3) is 15.9 Å². The fourth-order valence-corrected chi connectivity index (χ4v) is 5.42. The number of nitrogens with one attached hydrogen (secondary N) is 1. The van der Waals surface area contributed by atoms with Crippen LogP contribution in [0, 0.1) is 26.6 Å². The number of carbonyl (C=O) groups is 1. The van der Waals surface area contributed by atoms with Crippen LogP contribution in [0.5, 0.6) is 0 Å². The summed E-state index contributed by atoms with van der Waals surface area (Å²) < 4.78 is 54.4. The van der Waals surface area contributed by atoms with Crippen molar-refractivity contribution in [3.05, 3.63) is 57.6 Å². The second-order valence-electron chi connectivity index (χ2n) is 7.71. The van der Waals surface area contributed by atoms with Crippen molar-refractivity contribution in [1.82, 2.24) is 4.90 Å². The number of ether oxygens (including phenoxy) is 1. The molecule has 1 saturated heterocycles. The molecule has 1 aliphatic rings. The molecule has 0 aliphatic carbocycles. The van der Waals surface area contributed by atoms with E-state index in [0.29, 0.717) is 48.4 Å². The van der Waals surface area contributed by atoms with Crippen molar-refractivity contribution in [2.24, 2.45) is 0 Å². The van der Waals surface area contributed by atoms with E-state index in [1.54, 1.807) is 31.7 Å². The predicted octanol–water partition coefficient (Wildman–Crippen LogP) is 4.42. The van der Waals surface area contributed by atoms with Crippen LogP contribution in [0.25, 0.3) is 11.0 Å². The fraction of sp³-hybridized carbons (Fsp3) is 0.318. The van der Waals surface area contributed by atoms with E-state index in [4.69, 9.17) is 20.8 Å². The molecule has 0 spiro atoms. The van der Waals surface area contributed by atoms with Gasteiger partial charge in [-0.1, -0.05) is 11.6 Å². The number of hydrogen-bond donors (Lipinski definition) is 1. The maximum atomic E-state index is 14.3. The molecule has 1 N–H and O–H groups in total. The molecule has 3 aromatic rings. The molecule has 2 aromatic carbocycles. The van der Waals surface area contributed by atoms with Crippen molar-refractivity contribution in [1.29, 1.82) is 0 Å². The zero-order chi connectivity index (χ0) is 23.2. The first-order chi connectivity index (χ1) is 15.1. The number of hydrogen-bond acceptors (Lipinski definition) is 5. The summed E-state index contributed by atoms with van der Waals surface area (Å²) in [6.07, 6.45) is 0. The lowest BCUT2D eigenvalue weighted by Crippen LogP contribution is -2.40. The Morgan fingerprint density at radius 2 is 1.81 bits per heavy atom. The van der Waals surface area contributed by atoms with Crippen LogP contribution in [-0.4, -0.2) is 45.5 Å². The van der Waals surface area contributed by atoms with Crippen molar-refractivity contribution in [2.75, 3.05) is 31.0 Å². The van der Waals surface area contributed by atoms with E-state index in [9.17, 15) is 17.6 Å². The van der Waals surface area contributed by atoms with E-state index in [2.05, 4.69) is 4.72 Å². The fourth-order valence-electron chi connectivity index (χ4n) is 3.75. The SMILES string of the molecule is Cc1cc2c(C)c(C(=O)N3CCOCC3)oc2c(S(=O)(=O)Nc2ccc(Cl)cc2F)c1C. The van der Waals surface area contributed by atoms with Gasteiger partial charge in [-0.05, 0) is 56.2 Å². The number of benzene rings is 2. The number of morpholine rings is 1. The summed E-state index contributed by atoms with van der Waals surface area (Å²) in [5.74, 6) is -1.04. The smallest absolute Gasteiger partial charge is 0.290 e. The van der Waals surface area contributed by atoms with Crippen molar-refractivity contribution >= 4 is 44.2 Å². The zero-order valence-corrected chi connectivity index (χ0v) is 19.4. The number of carbonyl (C=O) groups excluding carboxylic acids is 1. The van der Waals surface area contributed by atoms with E-state index < -0.39 is 15.8 Å². The number of nitrogens with zero attached hydrogens (tertiary/aromatic N) is 1. The van der Waals surface area contributed by atoms with Crippen LogP contribution in [0.3, 0.4) is 0 Å². The lowest BCUT2D eigenvalue weighted by atomic mass is 10.0. The second-order valence-corrected chi connectivity index (χ2v) is 9.77. The van der Waals surface area contributed by atoms with Gasteiger partial charge in [-0.25, -0.2) is 12.8 Å². The number of amides is 1. The van der Waals surface area contributed by atoms with Gasteiger partial charge in [0.1, 0.15) is 10.7 Å². The second kappa shape index (κ2) is 8.38. The van der Waals surface area contributed by atoms with Crippen LogP contribution in [0.2, 0.25) is 5.02 Å². The van der Waals surface area contributed by atoms with Crippen molar-refractivity contribution < 1.29 is 26.8 Å². The highest BCUT2D eigenvalue weighted by atomic mass is 35.5. The van der Waals surface area contributed by atoms with Crippen LogP contribution in [-0.2, 0) is 14.8 Å². The Kier molecular flexibility index (Phi) is 5.91. The minimum atomic E-state index is -4.25. The summed E-state index contributed by atoms with van der Waals surface area (Å²) in [7, 11) is -4.25. The third-order valence-electron chi connectivity index (χ3n) is 5.63. The van der Waals surface area contributed by atoms with Crippen LogP contribution in [0.4, 0.5) is 10.1 Å². The number of fused-ring (bicyclic) bond motifs is 1.